The van der Waals surface area contributed by atoms with E-state index in [0.717, 1.165) is 12.8 Å². The Morgan fingerprint density at radius 1 is 1.05 bits per heavy atom. The molecule has 0 aromatic carbocycles. The molecule has 0 spiro atoms. The van der Waals surface area contributed by atoms with E-state index >= 15 is 0 Å². The number of carboxylic acid groups (broad SMARTS) is 1. The molecule has 0 aliphatic carbocycles. The number of carbonyl (C=O) groups is 1. The number of carboxylic acids is 1. The Labute approximate surface area is 130 Å². The zero-order valence-corrected chi connectivity index (χ0v) is 15.2. The number of aliphatic carboxylic acids is 1. The Bertz CT molecular complexity index is 337. The van der Waals surface area contributed by atoms with Gasteiger partial charge in [-0.2, -0.15) is 0 Å². The van der Waals surface area contributed by atoms with Crippen LogP contribution in [0.4, 0.5) is 0 Å². The van der Waals surface area contributed by atoms with Gasteiger partial charge in [0.2, 0.25) is 0 Å². The second kappa shape index (κ2) is 7.10. The van der Waals surface area contributed by atoms with Crippen molar-refractivity contribution in [1.29, 1.82) is 0 Å². The van der Waals surface area contributed by atoms with Gasteiger partial charge in [-0.05, 0) is 38.0 Å². The summed E-state index contributed by atoms with van der Waals surface area (Å²) in [5.74, 6) is -0.583. The fourth-order valence-corrected chi connectivity index (χ4v) is 3.15. The number of rotatable bonds is 8. The van der Waals surface area contributed by atoms with E-state index in [4.69, 9.17) is 9.78 Å². The summed E-state index contributed by atoms with van der Waals surface area (Å²) in [5, 5.41) is 9.45. The molecule has 1 N–H and O–H groups in total. The van der Waals surface area contributed by atoms with Gasteiger partial charge in [0.05, 0.1) is 5.60 Å². The molecule has 0 saturated heterocycles. The van der Waals surface area contributed by atoms with Crippen LogP contribution in [0.1, 0.15) is 75.2 Å². The molecule has 0 aliphatic heterocycles. The lowest BCUT2D eigenvalue weighted by Gasteiger charge is -2.36. The first kappa shape index (κ1) is 20.4. The van der Waals surface area contributed by atoms with Crippen LogP contribution in [0.2, 0.25) is 0 Å². The highest BCUT2D eigenvalue weighted by Gasteiger charge is 2.39. The standard InChI is InChI=1S/C17H34O4/c1-12(2)10-16(6,7)13(14(18)19)20-21-17(8,9)11-15(3,4)5/h12-13H,10-11H2,1-9H3,(H,18,19). The van der Waals surface area contributed by atoms with E-state index in [1.165, 1.54) is 0 Å². The van der Waals surface area contributed by atoms with Gasteiger partial charge in [0.15, 0.2) is 6.10 Å². The molecule has 0 aromatic rings. The van der Waals surface area contributed by atoms with Crippen molar-refractivity contribution in [2.24, 2.45) is 16.7 Å². The third-order valence-electron chi connectivity index (χ3n) is 3.19. The summed E-state index contributed by atoms with van der Waals surface area (Å²) in [7, 11) is 0. The van der Waals surface area contributed by atoms with E-state index in [1.807, 2.05) is 27.7 Å². The van der Waals surface area contributed by atoms with Crippen molar-refractivity contribution >= 4 is 5.97 Å². The third-order valence-corrected chi connectivity index (χ3v) is 3.19. The second-order valence-electron chi connectivity index (χ2n) is 8.98. The molecular weight excluding hydrogens is 268 g/mol. The van der Waals surface area contributed by atoms with E-state index in [2.05, 4.69) is 34.6 Å². The minimum atomic E-state index is -0.979. The average molecular weight is 302 g/mol. The van der Waals surface area contributed by atoms with Gasteiger partial charge in [0.25, 0.3) is 0 Å². The van der Waals surface area contributed by atoms with Crippen molar-refractivity contribution < 1.29 is 19.7 Å². The highest BCUT2D eigenvalue weighted by atomic mass is 17.2. The summed E-state index contributed by atoms with van der Waals surface area (Å²) >= 11 is 0. The van der Waals surface area contributed by atoms with Gasteiger partial charge < -0.3 is 5.11 Å². The second-order valence-corrected chi connectivity index (χ2v) is 8.98. The minimum absolute atomic E-state index is 0.0824. The molecule has 21 heavy (non-hydrogen) atoms. The third kappa shape index (κ3) is 8.42. The molecular formula is C17H34O4. The van der Waals surface area contributed by atoms with Gasteiger partial charge in [-0.25, -0.2) is 14.6 Å². The van der Waals surface area contributed by atoms with Crippen molar-refractivity contribution in [1.82, 2.24) is 0 Å². The van der Waals surface area contributed by atoms with E-state index in [1.54, 1.807) is 0 Å². The highest BCUT2D eigenvalue weighted by molar-refractivity contribution is 5.73. The number of hydrogen-bond donors (Lipinski definition) is 1. The largest absolute Gasteiger partial charge is 0.479 e. The molecule has 0 heterocycles. The monoisotopic (exact) mass is 302 g/mol. The van der Waals surface area contributed by atoms with Gasteiger partial charge in [-0.3, -0.25) is 0 Å². The minimum Gasteiger partial charge on any atom is -0.479 e. The first-order chi connectivity index (χ1) is 9.16. The molecule has 0 radical (unpaired) electrons. The van der Waals surface area contributed by atoms with Crippen molar-refractivity contribution in [2.45, 2.75) is 86.9 Å². The van der Waals surface area contributed by atoms with Gasteiger partial charge >= 0.3 is 5.97 Å². The maximum Gasteiger partial charge on any atom is 0.336 e. The first-order valence-electron chi connectivity index (χ1n) is 7.74. The molecule has 0 fully saturated rings. The fraction of sp³-hybridized carbons (Fsp3) is 0.941. The molecule has 0 rings (SSSR count). The summed E-state index contributed by atoms with van der Waals surface area (Å²) in [5.41, 5.74) is -0.934. The summed E-state index contributed by atoms with van der Waals surface area (Å²) < 4.78 is 0. The molecule has 0 bridgehead atoms. The quantitative estimate of drug-likeness (QED) is 0.522. The summed E-state index contributed by atoms with van der Waals surface area (Å²) in [6.07, 6.45) is 0.559. The highest BCUT2D eigenvalue weighted by Crippen LogP contribution is 2.34. The topological polar surface area (TPSA) is 55.8 Å². The van der Waals surface area contributed by atoms with Crippen LogP contribution in [-0.2, 0) is 14.6 Å². The predicted molar refractivity (Wildman–Crippen MR) is 85.0 cm³/mol. The zero-order valence-electron chi connectivity index (χ0n) is 15.2. The molecule has 0 saturated carbocycles. The maximum absolute atomic E-state index is 11.5. The van der Waals surface area contributed by atoms with Crippen LogP contribution >= 0.6 is 0 Å². The Kier molecular flexibility index (Phi) is 6.89. The van der Waals surface area contributed by atoms with Crippen LogP contribution in [0.5, 0.6) is 0 Å². The molecule has 126 valence electrons. The molecule has 0 aromatic heterocycles. The van der Waals surface area contributed by atoms with Crippen LogP contribution < -0.4 is 0 Å². The zero-order chi connectivity index (χ0) is 17.1. The lowest BCUT2D eigenvalue weighted by atomic mass is 9.79. The lowest BCUT2D eigenvalue weighted by Crippen LogP contribution is -2.42. The molecule has 1 unspecified atom stereocenters. The summed E-state index contributed by atoms with van der Waals surface area (Å²) in [6.45, 7) is 18.2. The lowest BCUT2D eigenvalue weighted by molar-refractivity contribution is -0.388. The van der Waals surface area contributed by atoms with Crippen molar-refractivity contribution in [3.05, 3.63) is 0 Å². The average Bonchev–Trinajstić information content (AvgIpc) is 2.08. The number of hydrogen-bond acceptors (Lipinski definition) is 3. The predicted octanol–water partition coefficient (Wildman–Crippen LogP) is 4.67. The summed E-state index contributed by atoms with van der Waals surface area (Å²) in [6, 6.07) is 0. The fourth-order valence-electron chi connectivity index (χ4n) is 3.15. The van der Waals surface area contributed by atoms with E-state index in [-0.39, 0.29) is 5.41 Å². The first-order valence-corrected chi connectivity index (χ1v) is 7.74. The molecule has 0 aliphatic rings. The van der Waals surface area contributed by atoms with Crippen molar-refractivity contribution in [3.63, 3.8) is 0 Å². The Balaban J connectivity index is 4.85. The molecule has 4 nitrogen and oxygen atoms in total. The van der Waals surface area contributed by atoms with E-state index < -0.39 is 23.1 Å². The van der Waals surface area contributed by atoms with Crippen LogP contribution in [0.15, 0.2) is 0 Å². The molecule has 1 atom stereocenters. The van der Waals surface area contributed by atoms with Crippen LogP contribution in [0.25, 0.3) is 0 Å². The summed E-state index contributed by atoms with van der Waals surface area (Å²) in [4.78, 5) is 22.4. The van der Waals surface area contributed by atoms with Crippen LogP contribution in [0.3, 0.4) is 0 Å². The van der Waals surface area contributed by atoms with Crippen LogP contribution in [0, 0.1) is 16.7 Å². The Morgan fingerprint density at radius 3 is 1.86 bits per heavy atom. The Morgan fingerprint density at radius 2 is 1.52 bits per heavy atom. The smallest absolute Gasteiger partial charge is 0.336 e. The molecule has 0 amide bonds. The van der Waals surface area contributed by atoms with E-state index in [0.29, 0.717) is 5.92 Å². The van der Waals surface area contributed by atoms with Gasteiger partial charge in [0.1, 0.15) is 0 Å². The SMILES string of the molecule is CC(C)CC(C)(C)C(OOC(C)(C)CC(C)(C)C)C(=O)O. The van der Waals surface area contributed by atoms with Crippen LogP contribution in [-0.4, -0.2) is 22.8 Å². The van der Waals surface area contributed by atoms with Gasteiger partial charge in [-0.15, -0.1) is 0 Å². The normalized spacial score (nSPS) is 15.3. The maximum atomic E-state index is 11.5. The van der Waals surface area contributed by atoms with Crippen molar-refractivity contribution in [2.75, 3.05) is 0 Å². The molecule has 4 heteroatoms. The van der Waals surface area contributed by atoms with Crippen molar-refractivity contribution in [3.8, 4) is 0 Å². The van der Waals surface area contributed by atoms with Gasteiger partial charge in [-0.1, -0.05) is 48.5 Å². The van der Waals surface area contributed by atoms with Gasteiger partial charge in [0, 0.05) is 5.41 Å². The van der Waals surface area contributed by atoms with E-state index in [9.17, 15) is 9.90 Å². The Hall–Kier alpha value is -0.610.